The molecule has 0 radical (unpaired) electrons. The standard InChI is InChI=1S/C18H15ClN6O.2ClH/c1-10-15-17(22-16(23-18(15)26)11-4-6-21-7-5-11)25(24-10)9-12-8-13(20)2-3-14(12)19;;/h2-8H,9,20H2,1H3,(H,22,23,26);2*1H. The Labute approximate surface area is 177 Å². The summed E-state index contributed by atoms with van der Waals surface area (Å²) in [6, 6.07) is 8.84. The maximum Gasteiger partial charge on any atom is 0.262 e. The first-order valence-electron chi connectivity index (χ1n) is 7.94. The maximum atomic E-state index is 12.6. The number of nitrogen functional groups attached to an aromatic ring is 1. The Morgan fingerprint density at radius 2 is 1.89 bits per heavy atom. The normalized spacial score (nSPS) is 10.4. The van der Waals surface area contributed by atoms with E-state index in [4.69, 9.17) is 17.3 Å². The number of aromatic nitrogens is 5. The zero-order valence-electron chi connectivity index (χ0n) is 14.7. The number of benzene rings is 1. The van der Waals surface area contributed by atoms with Crippen molar-refractivity contribution in [3.05, 3.63) is 69.4 Å². The number of hydrogen-bond acceptors (Lipinski definition) is 5. The number of pyridine rings is 1. The van der Waals surface area contributed by atoms with Crippen molar-refractivity contribution in [3.63, 3.8) is 0 Å². The highest BCUT2D eigenvalue weighted by atomic mass is 35.5. The molecule has 4 rings (SSSR count). The van der Waals surface area contributed by atoms with Gasteiger partial charge >= 0.3 is 0 Å². The van der Waals surface area contributed by atoms with Crippen LogP contribution in [-0.4, -0.2) is 24.7 Å². The van der Waals surface area contributed by atoms with Gasteiger partial charge in [-0.25, -0.2) is 9.67 Å². The number of fused-ring (bicyclic) bond motifs is 1. The van der Waals surface area contributed by atoms with E-state index in [1.807, 2.05) is 0 Å². The molecule has 146 valence electrons. The van der Waals surface area contributed by atoms with Crippen LogP contribution >= 0.6 is 36.4 Å². The minimum absolute atomic E-state index is 0. The largest absolute Gasteiger partial charge is 0.399 e. The summed E-state index contributed by atoms with van der Waals surface area (Å²) in [5.41, 5.74) is 8.92. The number of rotatable bonds is 3. The molecule has 0 atom stereocenters. The Kier molecular flexibility index (Phi) is 6.66. The summed E-state index contributed by atoms with van der Waals surface area (Å²) in [5, 5.41) is 5.52. The van der Waals surface area contributed by atoms with Crippen LogP contribution in [0, 0.1) is 6.92 Å². The lowest BCUT2D eigenvalue weighted by Gasteiger charge is -2.07. The molecular formula is C18H17Cl3N6O. The van der Waals surface area contributed by atoms with Crippen molar-refractivity contribution in [1.29, 1.82) is 0 Å². The van der Waals surface area contributed by atoms with E-state index >= 15 is 0 Å². The summed E-state index contributed by atoms with van der Waals surface area (Å²) in [5.74, 6) is 0.463. The molecule has 1 aromatic carbocycles. The van der Waals surface area contributed by atoms with Crippen molar-refractivity contribution in [1.82, 2.24) is 24.7 Å². The fourth-order valence-electron chi connectivity index (χ4n) is 2.89. The fourth-order valence-corrected chi connectivity index (χ4v) is 3.06. The van der Waals surface area contributed by atoms with Crippen LogP contribution in [0.2, 0.25) is 5.02 Å². The van der Waals surface area contributed by atoms with Crippen molar-refractivity contribution in [2.75, 3.05) is 5.73 Å². The highest BCUT2D eigenvalue weighted by molar-refractivity contribution is 6.31. The summed E-state index contributed by atoms with van der Waals surface area (Å²) in [6.45, 7) is 2.14. The smallest absolute Gasteiger partial charge is 0.262 e. The van der Waals surface area contributed by atoms with Gasteiger partial charge in [0.25, 0.3) is 5.56 Å². The van der Waals surface area contributed by atoms with Gasteiger partial charge in [0.1, 0.15) is 11.2 Å². The van der Waals surface area contributed by atoms with E-state index in [0.717, 1.165) is 11.1 Å². The van der Waals surface area contributed by atoms with Gasteiger partial charge in [0.15, 0.2) is 5.65 Å². The van der Waals surface area contributed by atoms with Gasteiger partial charge in [0.05, 0.1) is 12.2 Å². The molecule has 3 N–H and O–H groups in total. The average Bonchev–Trinajstić information content (AvgIpc) is 2.95. The first-order valence-corrected chi connectivity index (χ1v) is 8.32. The van der Waals surface area contributed by atoms with Crippen LogP contribution < -0.4 is 11.3 Å². The van der Waals surface area contributed by atoms with E-state index in [-0.39, 0.29) is 30.4 Å². The highest BCUT2D eigenvalue weighted by Crippen LogP contribution is 2.22. The second-order valence-electron chi connectivity index (χ2n) is 5.94. The van der Waals surface area contributed by atoms with Gasteiger partial charge in [-0.3, -0.25) is 9.78 Å². The predicted octanol–water partition coefficient (Wildman–Crippen LogP) is 3.62. The van der Waals surface area contributed by atoms with E-state index in [9.17, 15) is 4.79 Å². The summed E-state index contributed by atoms with van der Waals surface area (Å²) < 4.78 is 1.67. The monoisotopic (exact) mass is 438 g/mol. The highest BCUT2D eigenvalue weighted by Gasteiger charge is 2.16. The van der Waals surface area contributed by atoms with Crippen LogP contribution in [-0.2, 0) is 6.54 Å². The van der Waals surface area contributed by atoms with Gasteiger partial charge < -0.3 is 10.7 Å². The molecule has 0 aliphatic heterocycles. The summed E-state index contributed by atoms with van der Waals surface area (Å²) in [6.07, 6.45) is 3.29. The first-order chi connectivity index (χ1) is 12.5. The van der Waals surface area contributed by atoms with Crippen LogP contribution in [0.3, 0.4) is 0 Å². The molecule has 3 aromatic heterocycles. The Morgan fingerprint density at radius 3 is 2.61 bits per heavy atom. The van der Waals surface area contributed by atoms with Gasteiger partial charge in [-0.05, 0) is 42.8 Å². The van der Waals surface area contributed by atoms with Crippen LogP contribution in [0.4, 0.5) is 5.69 Å². The number of H-pyrrole nitrogens is 1. The molecule has 0 saturated heterocycles. The zero-order valence-corrected chi connectivity index (χ0v) is 17.1. The van der Waals surface area contributed by atoms with E-state index in [0.29, 0.717) is 39.8 Å². The second kappa shape index (κ2) is 8.60. The zero-order chi connectivity index (χ0) is 18.3. The lowest BCUT2D eigenvalue weighted by Crippen LogP contribution is -2.11. The van der Waals surface area contributed by atoms with E-state index in [1.54, 1.807) is 54.3 Å². The molecule has 0 unspecified atom stereocenters. The van der Waals surface area contributed by atoms with Crippen molar-refractivity contribution in [2.24, 2.45) is 0 Å². The Bertz CT molecular complexity index is 1170. The summed E-state index contributed by atoms with van der Waals surface area (Å²) in [7, 11) is 0. The molecule has 10 heteroatoms. The molecule has 28 heavy (non-hydrogen) atoms. The second-order valence-corrected chi connectivity index (χ2v) is 6.35. The van der Waals surface area contributed by atoms with Gasteiger partial charge in [0.2, 0.25) is 0 Å². The molecule has 0 bridgehead atoms. The molecule has 0 saturated carbocycles. The number of nitrogens with two attached hydrogens (primary N) is 1. The van der Waals surface area contributed by atoms with Crippen molar-refractivity contribution in [2.45, 2.75) is 13.5 Å². The number of aryl methyl sites for hydroxylation is 1. The average molecular weight is 440 g/mol. The van der Waals surface area contributed by atoms with E-state index < -0.39 is 0 Å². The molecule has 7 nitrogen and oxygen atoms in total. The first kappa shape index (κ1) is 21.7. The SMILES string of the molecule is Cc1nn(Cc2cc(N)ccc2Cl)c2nc(-c3ccncc3)[nH]c(=O)c12.Cl.Cl. The maximum absolute atomic E-state index is 12.6. The lowest BCUT2D eigenvalue weighted by atomic mass is 10.2. The fraction of sp³-hybridized carbons (Fsp3) is 0.111. The number of nitrogens with one attached hydrogen (secondary N) is 1. The Balaban J connectivity index is 0.00000140. The molecule has 3 heterocycles. The van der Waals surface area contributed by atoms with E-state index in [1.165, 1.54) is 0 Å². The van der Waals surface area contributed by atoms with Crippen LogP contribution in [0.15, 0.2) is 47.5 Å². The minimum Gasteiger partial charge on any atom is -0.399 e. The molecule has 0 aliphatic carbocycles. The molecule has 0 amide bonds. The number of anilines is 1. The number of hydrogen-bond donors (Lipinski definition) is 2. The van der Waals surface area contributed by atoms with Crippen LogP contribution in [0.1, 0.15) is 11.3 Å². The minimum atomic E-state index is -0.232. The summed E-state index contributed by atoms with van der Waals surface area (Å²) >= 11 is 6.27. The third kappa shape index (κ3) is 3.96. The molecule has 0 spiro atoms. The van der Waals surface area contributed by atoms with Gasteiger partial charge in [0, 0.05) is 28.7 Å². The molecule has 0 fully saturated rings. The number of aromatic amines is 1. The third-order valence-electron chi connectivity index (χ3n) is 4.12. The quantitative estimate of drug-likeness (QED) is 0.475. The molecule has 0 aliphatic rings. The summed E-state index contributed by atoms with van der Waals surface area (Å²) in [4.78, 5) is 24.0. The van der Waals surface area contributed by atoms with Crippen molar-refractivity contribution in [3.8, 4) is 11.4 Å². The molecule has 4 aromatic rings. The van der Waals surface area contributed by atoms with Gasteiger partial charge in [-0.1, -0.05) is 11.6 Å². The molecular weight excluding hydrogens is 423 g/mol. The van der Waals surface area contributed by atoms with Crippen LogP contribution in [0.25, 0.3) is 22.4 Å². The Hall–Kier alpha value is -2.61. The topological polar surface area (TPSA) is 102 Å². The number of halogens is 3. The lowest BCUT2D eigenvalue weighted by molar-refractivity contribution is 0.696. The van der Waals surface area contributed by atoms with Gasteiger partial charge in [-0.15, -0.1) is 24.8 Å². The van der Waals surface area contributed by atoms with Gasteiger partial charge in [-0.2, -0.15) is 5.10 Å². The third-order valence-corrected chi connectivity index (χ3v) is 4.49. The van der Waals surface area contributed by atoms with Crippen LogP contribution in [0.5, 0.6) is 0 Å². The predicted molar refractivity (Wildman–Crippen MR) is 116 cm³/mol. The van der Waals surface area contributed by atoms with Crippen molar-refractivity contribution >= 4 is 53.1 Å². The Morgan fingerprint density at radius 1 is 1.18 bits per heavy atom. The van der Waals surface area contributed by atoms with E-state index in [2.05, 4.69) is 20.1 Å². The number of nitrogens with zero attached hydrogens (tertiary/aromatic N) is 4. The van der Waals surface area contributed by atoms with Crippen molar-refractivity contribution < 1.29 is 0 Å².